The van der Waals surface area contributed by atoms with Crippen molar-refractivity contribution < 1.29 is 19.5 Å². The second-order valence-electron chi connectivity index (χ2n) is 4.46. The molecule has 0 unspecified atom stereocenters. The third-order valence-electron chi connectivity index (χ3n) is 2.79. The summed E-state index contributed by atoms with van der Waals surface area (Å²) < 4.78 is 0. The number of carboxylic acids is 1. The fourth-order valence-electron chi connectivity index (χ4n) is 1.66. The Morgan fingerprint density at radius 3 is 2.43 bits per heavy atom. The Morgan fingerprint density at radius 2 is 1.76 bits per heavy atom. The number of carbonyl (C=O) groups is 3. The van der Waals surface area contributed by atoms with Gasteiger partial charge < -0.3 is 21.1 Å². The maximum absolute atomic E-state index is 11.4. The van der Waals surface area contributed by atoms with Crippen LogP contribution in [0.2, 0.25) is 0 Å². The zero-order valence-corrected chi connectivity index (χ0v) is 11.8. The number of nitrogens with one attached hydrogen (secondary N) is 3. The zero-order valence-electron chi connectivity index (χ0n) is 11.8. The maximum atomic E-state index is 11.4. The molecule has 0 radical (unpaired) electrons. The highest BCUT2D eigenvalue weighted by Gasteiger charge is 2.06. The highest BCUT2D eigenvalue weighted by molar-refractivity contribution is 5.86. The number of aliphatic carboxylic acids is 1. The van der Waals surface area contributed by atoms with E-state index in [9.17, 15) is 14.4 Å². The van der Waals surface area contributed by atoms with Gasteiger partial charge in [0.15, 0.2) is 0 Å². The molecule has 0 aromatic heterocycles. The van der Waals surface area contributed by atoms with E-state index in [0.717, 1.165) is 11.1 Å². The first-order valence-electron chi connectivity index (χ1n) is 6.53. The number of hydrogen-bond acceptors (Lipinski definition) is 3. The molecule has 1 aromatic rings. The number of hydrogen-bond donors (Lipinski definition) is 4. The van der Waals surface area contributed by atoms with Gasteiger partial charge in [-0.15, -0.1) is 0 Å². The number of benzene rings is 1. The van der Waals surface area contributed by atoms with Crippen molar-refractivity contribution in [2.75, 3.05) is 19.6 Å². The Kier molecular flexibility index (Phi) is 6.73. The topological polar surface area (TPSA) is 108 Å². The highest BCUT2D eigenvalue weighted by atomic mass is 16.4. The summed E-state index contributed by atoms with van der Waals surface area (Å²) in [5.41, 5.74) is 2.31. The Balaban J connectivity index is 2.18. The summed E-state index contributed by atoms with van der Waals surface area (Å²) in [6.45, 7) is 1.73. The molecule has 0 aliphatic rings. The van der Waals surface area contributed by atoms with Gasteiger partial charge in [0, 0.05) is 6.54 Å². The van der Waals surface area contributed by atoms with Crippen molar-refractivity contribution in [3.8, 4) is 0 Å². The smallest absolute Gasteiger partial charge is 0.322 e. The van der Waals surface area contributed by atoms with Crippen molar-refractivity contribution >= 4 is 17.9 Å². The average Bonchev–Trinajstić information content (AvgIpc) is 2.45. The first-order chi connectivity index (χ1) is 9.99. The van der Waals surface area contributed by atoms with Gasteiger partial charge in [0.05, 0.1) is 6.54 Å². The molecule has 0 saturated carbocycles. The molecule has 0 atom stereocenters. The van der Waals surface area contributed by atoms with E-state index in [4.69, 9.17) is 5.11 Å². The van der Waals surface area contributed by atoms with Crippen LogP contribution in [0.15, 0.2) is 24.3 Å². The van der Waals surface area contributed by atoms with Crippen LogP contribution in [-0.4, -0.2) is 42.6 Å². The van der Waals surface area contributed by atoms with Crippen molar-refractivity contribution in [3.63, 3.8) is 0 Å². The van der Waals surface area contributed by atoms with E-state index in [1.807, 2.05) is 31.2 Å². The molecule has 21 heavy (non-hydrogen) atoms. The molecule has 0 aliphatic carbocycles. The molecular formula is C14H19N3O4. The van der Waals surface area contributed by atoms with Crippen LogP contribution in [0.4, 0.5) is 4.79 Å². The Bertz CT molecular complexity index is 517. The van der Waals surface area contributed by atoms with Gasteiger partial charge >= 0.3 is 12.0 Å². The zero-order chi connectivity index (χ0) is 15.7. The average molecular weight is 293 g/mol. The minimum Gasteiger partial charge on any atom is -0.480 e. The van der Waals surface area contributed by atoms with E-state index in [2.05, 4.69) is 16.0 Å². The normalized spacial score (nSPS) is 9.76. The van der Waals surface area contributed by atoms with Crippen LogP contribution >= 0.6 is 0 Å². The summed E-state index contributed by atoms with van der Waals surface area (Å²) in [5, 5.41) is 15.5. The predicted octanol–water partition coefficient (Wildman–Crippen LogP) is 0.0375. The van der Waals surface area contributed by atoms with Crippen LogP contribution in [0.1, 0.15) is 11.1 Å². The lowest BCUT2D eigenvalue weighted by atomic mass is 10.1. The van der Waals surface area contributed by atoms with Crippen LogP contribution in [0.25, 0.3) is 0 Å². The van der Waals surface area contributed by atoms with E-state index in [0.29, 0.717) is 13.0 Å². The van der Waals surface area contributed by atoms with Crippen molar-refractivity contribution in [3.05, 3.63) is 35.4 Å². The minimum absolute atomic E-state index is 0.260. The first-order valence-corrected chi connectivity index (χ1v) is 6.53. The van der Waals surface area contributed by atoms with Gasteiger partial charge in [-0.25, -0.2) is 4.79 Å². The molecular weight excluding hydrogens is 274 g/mol. The summed E-state index contributed by atoms with van der Waals surface area (Å²) in [5.74, 6) is -1.68. The van der Waals surface area contributed by atoms with Gasteiger partial charge in [-0.2, -0.15) is 0 Å². The Morgan fingerprint density at radius 1 is 1.05 bits per heavy atom. The summed E-state index contributed by atoms with van der Waals surface area (Å²) in [6.07, 6.45) is 0.700. The lowest BCUT2D eigenvalue weighted by Gasteiger charge is -2.09. The van der Waals surface area contributed by atoms with Crippen molar-refractivity contribution in [2.24, 2.45) is 0 Å². The molecule has 0 heterocycles. The third-order valence-corrected chi connectivity index (χ3v) is 2.79. The lowest BCUT2D eigenvalue weighted by Crippen LogP contribution is -2.43. The number of urea groups is 1. The van der Waals surface area contributed by atoms with E-state index < -0.39 is 24.5 Å². The molecule has 114 valence electrons. The molecule has 1 aromatic carbocycles. The number of carbonyl (C=O) groups excluding carboxylic acids is 2. The Labute approximate surface area is 122 Å². The SMILES string of the molecule is Cc1ccccc1CCNC(=O)NCC(=O)NCC(=O)O. The standard InChI is InChI=1S/C14H19N3O4/c1-10-4-2-3-5-11(10)6-7-15-14(21)17-8-12(18)16-9-13(19)20/h2-5H,6-9H2,1H3,(H,16,18)(H,19,20)(H2,15,17,21). The van der Waals surface area contributed by atoms with E-state index >= 15 is 0 Å². The molecule has 7 heteroatoms. The van der Waals surface area contributed by atoms with Gasteiger partial charge in [-0.05, 0) is 24.5 Å². The van der Waals surface area contributed by atoms with Gasteiger partial charge in [0.1, 0.15) is 6.54 Å². The summed E-state index contributed by atoms with van der Waals surface area (Å²) in [6, 6.07) is 7.43. The minimum atomic E-state index is -1.13. The van der Waals surface area contributed by atoms with Crippen molar-refractivity contribution in [1.29, 1.82) is 0 Å². The molecule has 7 nitrogen and oxygen atoms in total. The van der Waals surface area contributed by atoms with Crippen LogP contribution in [0, 0.1) is 6.92 Å². The fraction of sp³-hybridized carbons (Fsp3) is 0.357. The number of rotatable bonds is 7. The van der Waals surface area contributed by atoms with Crippen molar-refractivity contribution in [1.82, 2.24) is 16.0 Å². The third kappa shape index (κ3) is 6.95. The number of aryl methyl sites for hydroxylation is 1. The molecule has 1 rings (SSSR count). The van der Waals surface area contributed by atoms with E-state index in [-0.39, 0.29) is 6.54 Å². The van der Waals surface area contributed by atoms with E-state index in [1.54, 1.807) is 0 Å². The van der Waals surface area contributed by atoms with Gasteiger partial charge in [0.25, 0.3) is 0 Å². The summed E-state index contributed by atoms with van der Waals surface area (Å²) in [4.78, 5) is 32.8. The summed E-state index contributed by atoms with van der Waals surface area (Å²) in [7, 11) is 0. The molecule has 0 spiro atoms. The number of carboxylic acid groups (broad SMARTS) is 1. The molecule has 3 amide bonds. The second-order valence-corrected chi connectivity index (χ2v) is 4.46. The molecule has 0 aliphatic heterocycles. The van der Waals surface area contributed by atoms with Gasteiger partial charge in [-0.3, -0.25) is 9.59 Å². The maximum Gasteiger partial charge on any atom is 0.322 e. The van der Waals surface area contributed by atoms with Crippen molar-refractivity contribution in [2.45, 2.75) is 13.3 Å². The summed E-state index contributed by atoms with van der Waals surface area (Å²) >= 11 is 0. The van der Waals surface area contributed by atoms with Gasteiger partial charge in [-0.1, -0.05) is 24.3 Å². The number of amides is 3. The molecule has 0 fully saturated rings. The first kappa shape index (κ1) is 16.5. The molecule has 4 N–H and O–H groups in total. The lowest BCUT2D eigenvalue weighted by molar-refractivity contribution is -0.137. The quantitative estimate of drug-likeness (QED) is 0.569. The fourth-order valence-corrected chi connectivity index (χ4v) is 1.66. The van der Waals surface area contributed by atoms with Crippen LogP contribution in [-0.2, 0) is 16.0 Å². The monoisotopic (exact) mass is 293 g/mol. The predicted molar refractivity (Wildman–Crippen MR) is 76.9 cm³/mol. The van der Waals surface area contributed by atoms with Crippen LogP contribution in [0.5, 0.6) is 0 Å². The molecule has 0 bridgehead atoms. The molecule has 0 saturated heterocycles. The highest BCUT2D eigenvalue weighted by Crippen LogP contribution is 2.06. The second kappa shape index (κ2) is 8.57. The van der Waals surface area contributed by atoms with Gasteiger partial charge in [0.2, 0.25) is 5.91 Å². The van der Waals surface area contributed by atoms with Crippen LogP contribution < -0.4 is 16.0 Å². The van der Waals surface area contributed by atoms with Crippen LogP contribution in [0.3, 0.4) is 0 Å². The Hall–Kier alpha value is -2.57. The van der Waals surface area contributed by atoms with E-state index in [1.165, 1.54) is 0 Å². The largest absolute Gasteiger partial charge is 0.480 e.